The molecule has 1 aromatic rings. The van der Waals surface area contributed by atoms with E-state index in [1.54, 1.807) is 0 Å². The van der Waals surface area contributed by atoms with Crippen LogP contribution < -0.4 is 15.4 Å². The van der Waals surface area contributed by atoms with E-state index in [4.69, 9.17) is 4.74 Å². The second-order valence-corrected chi connectivity index (χ2v) is 9.19. The van der Waals surface area contributed by atoms with Crippen LogP contribution in [0.4, 0.5) is 0 Å². The normalized spacial score (nSPS) is 22.6. The Morgan fingerprint density at radius 1 is 1.36 bits per heavy atom. The lowest BCUT2D eigenvalue weighted by atomic mass is 9.93. The van der Waals surface area contributed by atoms with E-state index in [2.05, 4.69) is 17.6 Å². The molecular formula is C18H26N2O4S. The molecule has 2 N–H and O–H groups in total. The minimum absolute atomic E-state index is 0.212. The third-order valence-corrected chi connectivity index (χ3v) is 7.39. The number of hydrogen-bond acceptors (Lipinski definition) is 5. The molecular weight excluding hydrogens is 340 g/mol. The first kappa shape index (κ1) is 18.2. The van der Waals surface area contributed by atoms with Crippen molar-refractivity contribution in [2.24, 2.45) is 0 Å². The van der Waals surface area contributed by atoms with Crippen LogP contribution in [-0.2, 0) is 21.1 Å². The predicted octanol–water partition coefficient (Wildman–Crippen LogP) is 1.36. The van der Waals surface area contributed by atoms with Gasteiger partial charge in [-0.25, -0.2) is 8.42 Å². The van der Waals surface area contributed by atoms with E-state index in [0.717, 1.165) is 23.3 Å². The van der Waals surface area contributed by atoms with Crippen LogP contribution in [-0.4, -0.2) is 45.0 Å². The Bertz CT molecular complexity index is 754. The molecule has 1 fully saturated rings. The van der Waals surface area contributed by atoms with Gasteiger partial charge in [-0.1, -0.05) is 25.1 Å². The predicted molar refractivity (Wildman–Crippen MR) is 96.5 cm³/mol. The van der Waals surface area contributed by atoms with Crippen LogP contribution in [0.3, 0.4) is 0 Å². The highest BCUT2D eigenvalue weighted by Crippen LogP contribution is 2.36. The van der Waals surface area contributed by atoms with Crippen molar-refractivity contribution in [2.75, 3.05) is 26.0 Å². The molecule has 0 spiro atoms. The number of benzene rings is 1. The van der Waals surface area contributed by atoms with Gasteiger partial charge in [0.25, 0.3) is 0 Å². The van der Waals surface area contributed by atoms with Crippen molar-refractivity contribution < 1.29 is 17.9 Å². The first-order chi connectivity index (χ1) is 11.9. The van der Waals surface area contributed by atoms with Gasteiger partial charge in [-0.2, -0.15) is 0 Å². The second-order valence-electron chi connectivity index (χ2n) is 6.87. The van der Waals surface area contributed by atoms with Crippen molar-refractivity contribution in [1.29, 1.82) is 0 Å². The Morgan fingerprint density at radius 3 is 2.72 bits per heavy atom. The molecule has 1 saturated heterocycles. The lowest BCUT2D eigenvalue weighted by molar-refractivity contribution is -0.125. The molecule has 25 heavy (non-hydrogen) atoms. The fourth-order valence-electron chi connectivity index (χ4n) is 3.80. The monoisotopic (exact) mass is 366 g/mol. The number of carbonyl (C=O) groups is 1. The summed E-state index contributed by atoms with van der Waals surface area (Å²) in [5.41, 5.74) is 2.05. The van der Waals surface area contributed by atoms with E-state index >= 15 is 0 Å². The highest BCUT2D eigenvalue weighted by atomic mass is 32.2. The minimum atomic E-state index is -3.51. The molecule has 1 atom stereocenters. The van der Waals surface area contributed by atoms with Crippen molar-refractivity contribution in [3.05, 3.63) is 29.3 Å². The van der Waals surface area contributed by atoms with Crippen molar-refractivity contribution >= 4 is 15.7 Å². The number of para-hydroxylation sites is 1. The SMILES string of the molecule is CCc1cccc2c1OCCC2NC(=O)C1(S(C)(=O)=O)CCNCC1. The van der Waals surface area contributed by atoms with Gasteiger partial charge in [-0.15, -0.1) is 0 Å². The zero-order valence-corrected chi connectivity index (χ0v) is 15.6. The van der Waals surface area contributed by atoms with Crippen LogP contribution in [0, 0.1) is 0 Å². The maximum atomic E-state index is 13.0. The zero-order chi connectivity index (χ0) is 18.1. The largest absolute Gasteiger partial charge is 0.493 e. The maximum Gasteiger partial charge on any atom is 0.242 e. The van der Waals surface area contributed by atoms with Crippen molar-refractivity contribution in [2.45, 2.75) is 43.4 Å². The lowest BCUT2D eigenvalue weighted by Gasteiger charge is -2.37. The molecule has 3 rings (SSSR count). The molecule has 1 aromatic carbocycles. The molecule has 1 unspecified atom stereocenters. The zero-order valence-electron chi connectivity index (χ0n) is 14.8. The van der Waals surface area contributed by atoms with E-state index in [0.29, 0.717) is 39.0 Å². The molecule has 0 aliphatic carbocycles. The fourth-order valence-corrected chi connectivity index (χ4v) is 5.15. The first-order valence-electron chi connectivity index (χ1n) is 8.85. The topological polar surface area (TPSA) is 84.5 Å². The van der Waals surface area contributed by atoms with Gasteiger partial charge in [-0.05, 0) is 37.9 Å². The van der Waals surface area contributed by atoms with Gasteiger partial charge in [0, 0.05) is 18.2 Å². The number of amides is 1. The number of fused-ring (bicyclic) bond motifs is 1. The number of sulfone groups is 1. The molecule has 7 heteroatoms. The first-order valence-corrected chi connectivity index (χ1v) is 10.7. The maximum absolute atomic E-state index is 13.0. The van der Waals surface area contributed by atoms with Crippen molar-refractivity contribution in [1.82, 2.24) is 10.6 Å². The minimum Gasteiger partial charge on any atom is -0.493 e. The summed E-state index contributed by atoms with van der Waals surface area (Å²) >= 11 is 0. The number of nitrogens with one attached hydrogen (secondary N) is 2. The Morgan fingerprint density at radius 2 is 2.08 bits per heavy atom. The van der Waals surface area contributed by atoms with Gasteiger partial charge in [0.2, 0.25) is 5.91 Å². The van der Waals surface area contributed by atoms with E-state index in [-0.39, 0.29) is 11.9 Å². The number of aryl methyl sites for hydroxylation is 1. The summed E-state index contributed by atoms with van der Waals surface area (Å²) in [5, 5.41) is 6.15. The van der Waals surface area contributed by atoms with Crippen molar-refractivity contribution in [3.8, 4) is 5.75 Å². The molecule has 0 aromatic heterocycles. The molecule has 6 nitrogen and oxygen atoms in total. The van der Waals surface area contributed by atoms with Gasteiger partial charge >= 0.3 is 0 Å². The Kier molecular flexibility index (Phi) is 5.06. The average molecular weight is 366 g/mol. The molecule has 138 valence electrons. The lowest BCUT2D eigenvalue weighted by Crippen LogP contribution is -2.57. The van der Waals surface area contributed by atoms with E-state index in [9.17, 15) is 13.2 Å². The quantitative estimate of drug-likeness (QED) is 0.840. The van der Waals surface area contributed by atoms with E-state index in [1.807, 2.05) is 18.2 Å². The standard InChI is InChI=1S/C18H26N2O4S/c1-3-13-5-4-6-14-15(7-12-24-16(13)14)20-17(21)18(25(2,22)23)8-10-19-11-9-18/h4-6,15,19H,3,7-12H2,1-2H3,(H,20,21). The van der Waals surface area contributed by atoms with Crippen molar-refractivity contribution in [3.63, 3.8) is 0 Å². The van der Waals surface area contributed by atoms with Gasteiger partial charge in [-0.3, -0.25) is 4.79 Å². The Labute approximate surface area is 149 Å². The van der Waals surface area contributed by atoms with E-state index < -0.39 is 14.6 Å². The fraction of sp³-hybridized carbons (Fsp3) is 0.611. The smallest absolute Gasteiger partial charge is 0.242 e. The van der Waals surface area contributed by atoms with Gasteiger partial charge in [0.15, 0.2) is 14.6 Å². The highest BCUT2D eigenvalue weighted by Gasteiger charge is 2.49. The summed E-state index contributed by atoms with van der Waals surface area (Å²) in [4.78, 5) is 13.0. The third-order valence-electron chi connectivity index (χ3n) is 5.38. The second kappa shape index (κ2) is 6.96. The summed E-state index contributed by atoms with van der Waals surface area (Å²) < 4.78 is 29.3. The van der Waals surface area contributed by atoms with Gasteiger partial charge in [0.05, 0.1) is 12.6 Å². The van der Waals surface area contributed by atoms with Crippen LogP contribution in [0.1, 0.15) is 43.4 Å². The summed E-state index contributed by atoms with van der Waals surface area (Å²) in [6.45, 7) is 3.65. The molecule has 0 bridgehead atoms. The van der Waals surface area contributed by atoms with Crippen LogP contribution in [0.5, 0.6) is 5.75 Å². The van der Waals surface area contributed by atoms with Crippen LogP contribution >= 0.6 is 0 Å². The summed E-state index contributed by atoms with van der Waals surface area (Å²) in [7, 11) is -3.51. The van der Waals surface area contributed by atoms with Crippen LogP contribution in [0.15, 0.2) is 18.2 Å². The van der Waals surface area contributed by atoms with Gasteiger partial charge < -0.3 is 15.4 Å². The Hall–Kier alpha value is -1.60. The molecule has 0 radical (unpaired) electrons. The number of ether oxygens (including phenoxy) is 1. The van der Waals surface area contributed by atoms with E-state index in [1.165, 1.54) is 6.26 Å². The molecule has 0 saturated carbocycles. The highest BCUT2D eigenvalue weighted by molar-refractivity contribution is 7.92. The summed E-state index contributed by atoms with van der Waals surface area (Å²) in [6, 6.07) is 5.72. The Balaban J connectivity index is 1.89. The number of piperidine rings is 1. The number of rotatable bonds is 4. The van der Waals surface area contributed by atoms with Crippen LogP contribution in [0.2, 0.25) is 0 Å². The summed E-state index contributed by atoms with van der Waals surface area (Å²) in [6.07, 6.45) is 3.28. The van der Waals surface area contributed by atoms with Crippen LogP contribution in [0.25, 0.3) is 0 Å². The summed E-state index contributed by atoms with van der Waals surface area (Å²) in [5.74, 6) is 0.455. The molecule has 2 aliphatic rings. The third kappa shape index (κ3) is 3.27. The number of hydrogen-bond donors (Lipinski definition) is 2. The number of carbonyl (C=O) groups excluding carboxylic acids is 1. The average Bonchev–Trinajstić information content (AvgIpc) is 2.61. The molecule has 2 aliphatic heterocycles. The molecule has 2 heterocycles. The van der Waals surface area contributed by atoms with Gasteiger partial charge in [0.1, 0.15) is 5.75 Å². The molecule has 1 amide bonds.